The third kappa shape index (κ3) is 3.01. The molecular weight excluding hydrogens is 186 g/mol. The van der Waals surface area contributed by atoms with Gasteiger partial charge in [0.25, 0.3) is 0 Å². The lowest BCUT2D eigenvalue weighted by Gasteiger charge is -2.32. The van der Waals surface area contributed by atoms with Gasteiger partial charge < -0.3 is 5.32 Å². The molecule has 0 aliphatic carbocycles. The first-order valence-corrected chi connectivity index (χ1v) is 5.68. The lowest BCUT2D eigenvalue weighted by atomic mass is 10.1. The monoisotopic (exact) mass is 205 g/mol. The molecule has 2 heterocycles. The molecule has 82 valence electrons. The molecule has 0 unspecified atom stereocenters. The molecule has 0 aromatic carbocycles. The molecule has 0 amide bonds. The average Bonchev–Trinajstić information content (AvgIpc) is 2.31. The van der Waals surface area contributed by atoms with Crippen LogP contribution in [-0.4, -0.2) is 36.1 Å². The molecule has 0 bridgehead atoms. The van der Waals surface area contributed by atoms with Gasteiger partial charge in [-0.25, -0.2) is 0 Å². The Labute approximate surface area is 91.5 Å². The number of hydrogen-bond donors (Lipinski definition) is 1. The molecule has 0 spiro atoms. The van der Waals surface area contributed by atoms with Crippen LogP contribution in [0.15, 0.2) is 24.4 Å². The van der Waals surface area contributed by atoms with Gasteiger partial charge in [0.05, 0.1) is 5.69 Å². The number of likely N-dealkylation sites (N-methyl/N-ethyl adjacent to an activating group) is 1. The van der Waals surface area contributed by atoms with E-state index in [1.165, 1.54) is 25.1 Å². The number of nitrogens with one attached hydrogen (secondary N) is 1. The van der Waals surface area contributed by atoms with Crippen molar-refractivity contribution in [3.8, 4) is 0 Å². The predicted molar refractivity (Wildman–Crippen MR) is 61.6 cm³/mol. The van der Waals surface area contributed by atoms with Gasteiger partial charge in [0.15, 0.2) is 0 Å². The van der Waals surface area contributed by atoms with E-state index in [1.54, 1.807) is 0 Å². The van der Waals surface area contributed by atoms with Crippen molar-refractivity contribution in [2.45, 2.75) is 25.4 Å². The van der Waals surface area contributed by atoms with Crippen LogP contribution in [0.3, 0.4) is 0 Å². The summed E-state index contributed by atoms with van der Waals surface area (Å²) in [6.45, 7) is 3.33. The van der Waals surface area contributed by atoms with Crippen molar-refractivity contribution in [2.75, 3.05) is 20.1 Å². The van der Waals surface area contributed by atoms with E-state index in [-0.39, 0.29) is 0 Å². The number of rotatable bonds is 3. The van der Waals surface area contributed by atoms with Crippen molar-refractivity contribution in [2.24, 2.45) is 0 Å². The molecule has 3 nitrogen and oxygen atoms in total. The Hall–Kier alpha value is -0.930. The summed E-state index contributed by atoms with van der Waals surface area (Å²) < 4.78 is 0. The highest BCUT2D eigenvalue weighted by Gasteiger charge is 2.18. The van der Waals surface area contributed by atoms with E-state index in [0.29, 0.717) is 6.04 Å². The summed E-state index contributed by atoms with van der Waals surface area (Å²) in [5, 5.41) is 3.36. The lowest BCUT2D eigenvalue weighted by molar-refractivity contribution is 0.186. The maximum Gasteiger partial charge on any atom is 0.0543 e. The highest BCUT2D eigenvalue weighted by Crippen LogP contribution is 2.12. The molecule has 1 aliphatic rings. The van der Waals surface area contributed by atoms with Crippen LogP contribution in [0.2, 0.25) is 0 Å². The second kappa shape index (κ2) is 5.24. The van der Waals surface area contributed by atoms with Crippen LogP contribution in [-0.2, 0) is 6.54 Å². The standard InChI is InChI=1S/C12H19N3/c1-13-11-6-4-8-15(9-11)10-12-5-2-3-7-14-12/h2-3,5,7,11,13H,4,6,8-10H2,1H3/t11-/m0/s1. The molecule has 1 aromatic rings. The van der Waals surface area contributed by atoms with Gasteiger partial charge in [-0.3, -0.25) is 9.88 Å². The molecular formula is C12H19N3. The fraction of sp³-hybridized carbons (Fsp3) is 0.583. The summed E-state index contributed by atoms with van der Waals surface area (Å²) in [4.78, 5) is 6.84. The Bertz CT molecular complexity index is 286. The van der Waals surface area contributed by atoms with Crippen LogP contribution in [0.5, 0.6) is 0 Å². The van der Waals surface area contributed by atoms with Crippen LogP contribution >= 0.6 is 0 Å². The Morgan fingerprint density at radius 3 is 3.20 bits per heavy atom. The molecule has 1 fully saturated rings. The smallest absolute Gasteiger partial charge is 0.0543 e. The van der Waals surface area contributed by atoms with E-state index in [2.05, 4.69) is 34.4 Å². The minimum atomic E-state index is 0.655. The van der Waals surface area contributed by atoms with Gasteiger partial charge in [-0.2, -0.15) is 0 Å². The van der Waals surface area contributed by atoms with Gasteiger partial charge in [0.2, 0.25) is 0 Å². The highest BCUT2D eigenvalue weighted by atomic mass is 15.2. The van der Waals surface area contributed by atoms with Crippen molar-refractivity contribution in [3.05, 3.63) is 30.1 Å². The van der Waals surface area contributed by atoms with E-state index < -0.39 is 0 Å². The van der Waals surface area contributed by atoms with Crippen LogP contribution in [0.25, 0.3) is 0 Å². The first-order valence-electron chi connectivity index (χ1n) is 5.68. The summed E-state index contributed by atoms with van der Waals surface area (Å²) in [7, 11) is 2.05. The molecule has 1 aromatic heterocycles. The van der Waals surface area contributed by atoms with E-state index in [4.69, 9.17) is 0 Å². The first-order chi connectivity index (χ1) is 7.38. The number of hydrogen-bond acceptors (Lipinski definition) is 3. The maximum atomic E-state index is 4.36. The molecule has 3 heteroatoms. The Morgan fingerprint density at radius 1 is 1.53 bits per heavy atom. The Morgan fingerprint density at radius 2 is 2.47 bits per heavy atom. The van der Waals surface area contributed by atoms with Crippen LogP contribution in [0.1, 0.15) is 18.5 Å². The quantitative estimate of drug-likeness (QED) is 0.805. The Balaban J connectivity index is 1.89. The molecule has 0 radical (unpaired) electrons. The number of pyridine rings is 1. The largest absolute Gasteiger partial charge is 0.316 e. The Kier molecular flexibility index (Phi) is 3.69. The number of nitrogens with zero attached hydrogens (tertiary/aromatic N) is 2. The molecule has 2 rings (SSSR count). The zero-order chi connectivity index (χ0) is 10.5. The number of piperidine rings is 1. The summed E-state index contributed by atoms with van der Waals surface area (Å²) in [5.74, 6) is 0. The van der Waals surface area contributed by atoms with Crippen LogP contribution in [0, 0.1) is 0 Å². The van der Waals surface area contributed by atoms with E-state index in [0.717, 1.165) is 13.1 Å². The fourth-order valence-electron chi connectivity index (χ4n) is 2.16. The van der Waals surface area contributed by atoms with E-state index >= 15 is 0 Å². The number of aromatic nitrogens is 1. The average molecular weight is 205 g/mol. The van der Waals surface area contributed by atoms with Crippen molar-refractivity contribution in [3.63, 3.8) is 0 Å². The molecule has 1 aliphatic heterocycles. The van der Waals surface area contributed by atoms with Gasteiger partial charge in [-0.1, -0.05) is 6.07 Å². The van der Waals surface area contributed by atoms with Crippen LogP contribution in [0.4, 0.5) is 0 Å². The first kappa shape index (κ1) is 10.6. The molecule has 0 saturated carbocycles. The summed E-state index contributed by atoms with van der Waals surface area (Å²) in [6, 6.07) is 6.78. The van der Waals surface area contributed by atoms with E-state index in [1.807, 2.05) is 12.3 Å². The van der Waals surface area contributed by atoms with Gasteiger partial charge in [0.1, 0.15) is 0 Å². The van der Waals surface area contributed by atoms with Crippen molar-refractivity contribution in [1.82, 2.24) is 15.2 Å². The molecule has 1 N–H and O–H groups in total. The summed E-state index contributed by atoms with van der Waals surface area (Å²) in [5.41, 5.74) is 1.18. The van der Waals surface area contributed by atoms with Crippen LogP contribution < -0.4 is 5.32 Å². The minimum Gasteiger partial charge on any atom is -0.316 e. The van der Waals surface area contributed by atoms with Gasteiger partial charge in [-0.05, 0) is 38.6 Å². The summed E-state index contributed by atoms with van der Waals surface area (Å²) >= 11 is 0. The molecule has 1 atom stereocenters. The van der Waals surface area contributed by atoms with Gasteiger partial charge in [-0.15, -0.1) is 0 Å². The van der Waals surface area contributed by atoms with Crippen molar-refractivity contribution in [1.29, 1.82) is 0 Å². The van der Waals surface area contributed by atoms with Gasteiger partial charge >= 0.3 is 0 Å². The maximum absolute atomic E-state index is 4.36. The number of likely N-dealkylation sites (tertiary alicyclic amines) is 1. The lowest BCUT2D eigenvalue weighted by Crippen LogP contribution is -2.43. The van der Waals surface area contributed by atoms with Crippen molar-refractivity contribution >= 4 is 0 Å². The normalized spacial score (nSPS) is 22.9. The SMILES string of the molecule is CN[C@H]1CCCN(Cc2ccccn2)C1. The van der Waals surface area contributed by atoms with Crippen molar-refractivity contribution < 1.29 is 0 Å². The minimum absolute atomic E-state index is 0.655. The zero-order valence-electron chi connectivity index (χ0n) is 9.32. The topological polar surface area (TPSA) is 28.2 Å². The molecule has 1 saturated heterocycles. The second-order valence-electron chi connectivity index (χ2n) is 4.18. The second-order valence-corrected chi connectivity index (χ2v) is 4.18. The fourth-order valence-corrected chi connectivity index (χ4v) is 2.16. The zero-order valence-corrected chi connectivity index (χ0v) is 9.32. The predicted octanol–water partition coefficient (Wildman–Crippen LogP) is 1.27. The third-order valence-electron chi connectivity index (χ3n) is 3.03. The highest BCUT2D eigenvalue weighted by molar-refractivity contribution is 5.03. The van der Waals surface area contributed by atoms with Gasteiger partial charge in [0, 0.05) is 25.3 Å². The summed E-state index contributed by atoms with van der Waals surface area (Å²) in [6.07, 6.45) is 4.46. The molecule has 15 heavy (non-hydrogen) atoms. The van der Waals surface area contributed by atoms with E-state index in [9.17, 15) is 0 Å². The third-order valence-corrected chi connectivity index (χ3v) is 3.03.